The van der Waals surface area contributed by atoms with Crippen LogP contribution >= 0.6 is 11.6 Å². The number of carbonyl (C=O) groups is 1. The van der Waals surface area contributed by atoms with Crippen molar-refractivity contribution >= 4 is 39.6 Å². The summed E-state index contributed by atoms with van der Waals surface area (Å²) in [5, 5.41) is 11.2. The number of nitrogens with one attached hydrogen (secondary N) is 1. The van der Waals surface area contributed by atoms with Crippen LogP contribution in [0.3, 0.4) is 0 Å². The molecule has 1 amide bonds. The highest BCUT2D eigenvalue weighted by Crippen LogP contribution is 2.37. The first-order chi connectivity index (χ1) is 16.2. The fourth-order valence-corrected chi connectivity index (χ4v) is 6.00. The number of thiol groups is 1. The summed E-state index contributed by atoms with van der Waals surface area (Å²) in [7, 11) is -2.75. The molecule has 1 atom stereocenters. The molecule has 4 N–H and O–H groups in total. The van der Waals surface area contributed by atoms with E-state index in [1.807, 2.05) is 6.07 Å². The first-order valence-corrected chi connectivity index (χ1v) is 11.9. The van der Waals surface area contributed by atoms with Crippen LogP contribution < -0.4 is 11.1 Å². The molecule has 16 heteroatoms. The number of anilines is 1. The van der Waals surface area contributed by atoms with Crippen molar-refractivity contribution in [2.24, 2.45) is 15.1 Å². The Morgan fingerprint density at radius 2 is 2.17 bits per heavy atom. The van der Waals surface area contributed by atoms with Gasteiger partial charge in [0.05, 0.1) is 16.3 Å². The molecular formula is C19H19ClF4N8O2S. The number of amides is 1. The molecule has 1 aliphatic rings. The van der Waals surface area contributed by atoms with Gasteiger partial charge in [0.1, 0.15) is 41.2 Å². The summed E-state index contributed by atoms with van der Waals surface area (Å²) >= 11 is 5.99. The molecule has 2 aromatic rings. The number of nitrogens with two attached hydrogens (primary N) is 1. The van der Waals surface area contributed by atoms with Gasteiger partial charge in [0.2, 0.25) is 5.96 Å². The van der Waals surface area contributed by atoms with Gasteiger partial charge in [0, 0.05) is 13.2 Å². The number of alkyl halides is 3. The lowest BCUT2D eigenvalue weighted by atomic mass is 10.00. The fourth-order valence-electron chi connectivity index (χ4n) is 3.41. The number of hydrogen-bond acceptors (Lipinski definition) is 7. The Morgan fingerprint density at radius 3 is 2.74 bits per heavy atom. The lowest BCUT2D eigenvalue weighted by Crippen LogP contribution is -2.58. The number of carbonyl (C=O) groups excluding carboxylic acids is 1. The van der Waals surface area contributed by atoms with Crippen molar-refractivity contribution in [2.75, 3.05) is 24.7 Å². The van der Waals surface area contributed by atoms with Gasteiger partial charge in [0.25, 0.3) is 5.91 Å². The maximum Gasteiger partial charge on any atom is 0.407 e. The van der Waals surface area contributed by atoms with E-state index >= 15 is 0 Å². The van der Waals surface area contributed by atoms with Crippen LogP contribution in [0, 0.1) is 17.1 Å². The Balaban J connectivity index is 1.99. The van der Waals surface area contributed by atoms with Crippen LogP contribution in [0.15, 0.2) is 33.8 Å². The molecule has 3 heterocycles. The monoisotopic (exact) mass is 534 g/mol. The molecule has 35 heavy (non-hydrogen) atoms. The van der Waals surface area contributed by atoms with E-state index in [2.05, 4.69) is 24.6 Å². The molecule has 0 unspecified atom stereocenters. The van der Waals surface area contributed by atoms with Crippen molar-refractivity contribution in [1.82, 2.24) is 14.3 Å². The highest BCUT2D eigenvalue weighted by atomic mass is 35.5. The number of pyridine rings is 2. The molecule has 0 saturated heterocycles. The summed E-state index contributed by atoms with van der Waals surface area (Å²) in [5.74, 6) is -3.07. The zero-order chi connectivity index (χ0) is 26.2. The van der Waals surface area contributed by atoms with Crippen LogP contribution in [-0.4, -0.2) is 56.2 Å². The maximum atomic E-state index is 14.8. The minimum absolute atomic E-state index is 0.107. The average Bonchev–Trinajstić information content (AvgIpc) is 2.76. The Kier molecular flexibility index (Phi) is 7.02. The van der Waals surface area contributed by atoms with Crippen molar-refractivity contribution in [3.05, 3.63) is 52.2 Å². The van der Waals surface area contributed by atoms with E-state index in [4.69, 9.17) is 22.6 Å². The molecule has 2 aromatic heterocycles. The minimum Gasteiger partial charge on any atom is -0.369 e. The smallest absolute Gasteiger partial charge is 0.369 e. The van der Waals surface area contributed by atoms with Crippen molar-refractivity contribution in [3.63, 3.8) is 0 Å². The van der Waals surface area contributed by atoms with Gasteiger partial charge >= 0.3 is 6.18 Å². The zero-order valence-corrected chi connectivity index (χ0v) is 19.8. The first-order valence-electron chi connectivity index (χ1n) is 9.67. The summed E-state index contributed by atoms with van der Waals surface area (Å²) in [5.41, 5.74) is 3.57. The van der Waals surface area contributed by atoms with Crippen LogP contribution in [0.25, 0.3) is 0 Å². The Labute approximate surface area is 202 Å². The highest BCUT2D eigenvalue weighted by Gasteiger charge is 2.45. The van der Waals surface area contributed by atoms with E-state index in [1.54, 1.807) is 0 Å². The summed E-state index contributed by atoms with van der Waals surface area (Å²) in [6.45, 7) is -0.263. The van der Waals surface area contributed by atoms with E-state index in [9.17, 15) is 26.9 Å². The van der Waals surface area contributed by atoms with Crippen molar-refractivity contribution in [2.45, 2.75) is 18.6 Å². The van der Waals surface area contributed by atoms with Gasteiger partial charge in [-0.05, 0) is 35.4 Å². The van der Waals surface area contributed by atoms with Gasteiger partial charge in [-0.15, -0.1) is 0 Å². The standard InChI is InChI=1S/C19H19ClF4N8O2S/c1-18(9-35(34,27-2)32(17(26)31-18)8-19(22,23)24)15-12(21)3-4-13(29-15)30-16(33)14-11(20)5-10(6-25)7-28-14/h3-5,7,35H,8-9H2,1-2H3,(H2,26,31)(H,27,34)(H,29,30,33)/t18-/m0/s1. The first kappa shape index (κ1) is 26.3. The minimum atomic E-state index is -4.71. The molecular weight excluding hydrogens is 516 g/mol. The van der Waals surface area contributed by atoms with Crippen molar-refractivity contribution in [1.29, 1.82) is 5.26 Å². The number of hydrogen-bond donors (Lipinski definition) is 4. The molecule has 0 aromatic carbocycles. The molecule has 0 radical (unpaired) electrons. The molecule has 188 valence electrons. The Bertz CT molecular complexity index is 1310. The molecule has 0 bridgehead atoms. The highest BCUT2D eigenvalue weighted by molar-refractivity contribution is 7.98. The lowest BCUT2D eigenvalue weighted by molar-refractivity contribution is -0.131. The predicted octanol–water partition coefficient (Wildman–Crippen LogP) is 2.89. The Hall–Kier alpha value is -3.35. The molecule has 0 fully saturated rings. The number of nitrogens with zero attached hydrogens (tertiary/aromatic N) is 6. The molecule has 1 aliphatic heterocycles. The molecule has 0 aliphatic carbocycles. The maximum absolute atomic E-state index is 14.8. The average molecular weight is 535 g/mol. The molecule has 10 nitrogen and oxygen atoms in total. The Morgan fingerprint density at radius 1 is 1.49 bits per heavy atom. The summed E-state index contributed by atoms with van der Waals surface area (Å²) in [6.07, 6.45) is -3.57. The number of rotatable bonds is 4. The molecule has 0 spiro atoms. The van der Waals surface area contributed by atoms with E-state index in [1.165, 1.54) is 13.0 Å². The van der Waals surface area contributed by atoms with Crippen LogP contribution in [0.1, 0.15) is 28.7 Å². The number of nitriles is 1. The number of aromatic nitrogens is 2. The van der Waals surface area contributed by atoms with Gasteiger partial charge < -0.3 is 15.6 Å². The second-order valence-electron chi connectivity index (χ2n) is 7.61. The SMILES string of the molecule is CN=[SH]1(O)C[C@@](C)(c2nc(NC(=O)c3ncc(C#N)cc3Cl)ccc2F)N=C(N)N1CC(F)(F)F. The second-order valence-corrected chi connectivity index (χ2v) is 10.6. The lowest BCUT2D eigenvalue weighted by Gasteiger charge is -2.46. The van der Waals surface area contributed by atoms with E-state index in [-0.39, 0.29) is 27.8 Å². The van der Waals surface area contributed by atoms with Crippen molar-refractivity contribution in [3.8, 4) is 6.07 Å². The third-order valence-electron chi connectivity index (χ3n) is 4.96. The van der Waals surface area contributed by atoms with E-state index in [0.29, 0.717) is 4.31 Å². The van der Waals surface area contributed by atoms with E-state index in [0.717, 1.165) is 25.4 Å². The molecule has 3 rings (SSSR count). The fraction of sp³-hybridized carbons (Fsp3) is 0.316. The van der Waals surface area contributed by atoms with Crippen LogP contribution in [0.2, 0.25) is 5.02 Å². The van der Waals surface area contributed by atoms with E-state index < -0.39 is 52.0 Å². The van der Waals surface area contributed by atoms with Crippen LogP contribution in [-0.2, 0) is 15.8 Å². The third-order valence-corrected chi connectivity index (χ3v) is 8.05. The normalized spacial score (nSPS) is 20.4. The van der Waals surface area contributed by atoms with Gasteiger partial charge in [-0.2, -0.15) is 18.4 Å². The summed E-state index contributed by atoms with van der Waals surface area (Å²) in [6, 6.07) is 5.15. The zero-order valence-electron chi connectivity index (χ0n) is 18.2. The van der Waals surface area contributed by atoms with Gasteiger partial charge in [-0.3, -0.25) is 9.10 Å². The van der Waals surface area contributed by atoms with Crippen LogP contribution in [0.5, 0.6) is 0 Å². The summed E-state index contributed by atoms with van der Waals surface area (Å²) in [4.78, 5) is 24.5. The number of aliphatic imine (C=N–C) groups is 1. The van der Waals surface area contributed by atoms with Gasteiger partial charge in [0.15, 0.2) is 0 Å². The largest absolute Gasteiger partial charge is 0.407 e. The van der Waals surface area contributed by atoms with Gasteiger partial charge in [-0.1, -0.05) is 11.6 Å². The molecule has 0 saturated carbocycles. The number of guanidine groups is 1. The quantitative estimate of drug-likeness (QED) is 0.347. The summed E-state index contributed by atoms with van der Waals surface area (Å²) < 4.78 is 69.1. The number of halogens is 5. The predicted molar refractivity (Wildman–Crippen MR) is 122 cm³/mol. The van der Waals surface area contributed by atoms with Crippen LogP contribution in [0.4, 0.5) is 23.4 Å². The van der Waals surface area contributed by atoms with Crippen molar-refractivity contribution < 1.29 is 26.9 Å². The van der Waals surface area contributed by atoms with Gasteiger partial charge in [-0.25, -0.2) is 23.7 Å². The third kappa shape index (κ3) is 5.50. The topological polar surface area (TPSA) is 153 Å². The second kappa shape index (κ2) is 9.36.